The summed E-state index contributed by atoms with van der Waals surface area (Å²) in [5.74, 6) is 3.31. The van der Waals surface area contributed by atoms with Gasteiger partial charge in [-0.25, -0.2) is 4.79 Å². The second kappa shape index (κ2) is 3.87. The second-order valence-corrected chi connectivity index (χ2v) is 3.42. The van der Waals surface area contributed by atoms with Crippen LogP contribution in [0, 0.1) is 18.8 Å². The zero-order chi connectivity index (χ0) is 9.84. The molecule has 0 aliphatic heterocycles. The van der Waals surface area contributed by atoms with Crippen LogP contribution in [0.2, 0.25) is 0 Å². The Morgan fingerprint density at radius 2 is 2.38 bits per heavy atom. The molecule has 0 aliphatic rings. The Labute approximate surface area is 79.0 Å². The highest BCUT2D eigenvalue weighted by molar-refractivity contribution is 7.14. The molecule has 0 aliphatic carbocycles. The van der Waals surface area contributed by atoms with Crippen molar-refractivity contribution in [3.63, 3.8) is 0 Å². The largest absolute Gasteiger partial charge is 0.472 e. The van der Waals surface area contributed by atoms with Gasteiger partial charge in [-0.05, 0) is 24.5 Å². The average molecular weight is 194 g/mol. The van der Waals surface area contributed by atoms with E-state index >= 15 is 0 Å². The molecule has 66 valence electrons. The molecule has 1 rings (SSSR count). The van der Waals surface area contributed by atoms with Gasteiger partial charge >= 0.3 is 5.97 Å². The van der Waals surface area contributed by atoms with Crippen LogP contribution in [-0.2, 0) is 4.79 Å². The maximum atomic E-state index is 10.4. The molecule has 0 saturated heterocycles. The minimum atomic E-state index is -1.17. The molecule has 4 heteroatoms. The van der Waals surface area contributed by atoms with E-state index in [1.54, 1.807) is 13.0 Å². The van der Waals surface area contributed by atoms with Crippen molar-refractivity contribution in [3.05, 3.63) is 21.4 Å². The molecule has 0 saturated carbocycles. The van der Waals surface area contributed by atoms with Crippen LogP contribution in [0.25, 0.3) is 0 Å². The highest BCUT2D eigenvalue weighted by Gasteiger charge is 2.01. The summed E-state index contributed by atoms with van der Waals surface area (Å²) < 4.78 is 0. The molecule has 0 atom stereocenters. The first-order chi connectivity index (χ1) is 6.13. The molecule has 0 amide bonds. The van der Waals surface area contributed by atoms with Crippen LogP contribution in [0.5, 0.6) is 0 Å². The van der Waals surface area contributed by atoms with Gasteiger partial charge in [-0.2, -0.15) is 0 Å². The maximum absolute atomic E-state index is 10.4. The minimum absolute atomic E-state index is 0.562. The first kappa shape index (κ1) is 9.49. The summed E-state index contributed by atoms with van der Waals surface area (Å²) >= 11 is 1.20. The van der Waals surface area contributed by atoms with E-state index in [-0.39, 0.29) is 0 Å². The molecular weight excluding hydrogens is 188 g/mol. The van der Waals surface area contributed by atoms with E-state index in [0.717, 1.165) is 11.8 Å². The van der Waals surface area contributed by atoms with E-state index in [9.17, 15) is 9.59 Å². The molecule has 1 aromatic heterocycles. The van der Waals surface area contributed by atoms with Crippen molar-refractivity contribution < 1.29 is 14.7 Å². The predicted octanol–water partition coefficient (Wildman–Crippen LogP) is 1.31. The van der Waals surface area contributed by atoms with Gasteiger partial charge in [0.05, 0.1) is 9.75 Å². The highest BCUT2D eigenvalue weighted by atomic mass is 32.1. The van der Waals surface area contributed by atoms with Gasteiger partial charge in [0.2, 0.25) is 0 Å². The fourth-order valence-electron chi connectivity index (χ4n) is 0.799. The van der Waals surface area contributed by atoms with E-state index < -0.39 is 5.97 Å². The Morgan fingerprint density at radius 1 is 1.69 bits per heavy atom. The topological polar surface area (TPSA) is 54.4 Å². The predicted molar refractivity (Wildman–Crippen MR) is 49.0 cm³/mol. The average Bonchev–Trinajstić information content (AvgIpc) is 2.43. The van der Waals surface area contributed by atoms with Gasteiger partial charge in [0.15, 0.2) is 6.29 Å². The van der Waals surface area contributed by atoms with Crippen LogP contribution in [-0.4, -0.2) is 17.4 Å². The summed E-state index contributed by atoms with van der Waals surface area (Å²) in [5, 5.41) is 8.29. The van der Waals surface area contributed by atoms with Crippen LogP contribution < -0.4 is 0 Å². The van der Waals surface area contributed by atoms with E-state index in [2.05, 4.69) is 5.92 Å². The fraction of sp³-hybridized carbons (Fsp3) is 0.111. The van der Waals surface area contributed by atoms with Gasteiger partial charge in [-0.15, -0.1) is 11.3 Å². The summed E-state index contributed by atoms with van der Waals surface area (Å²) in [4.78, 5) is 21.7. The molecular formula is C9H6O3S. The summed E-state index contributed by atoms with van der Waals surface area (Å²) in [6.07, 6.45) is 0.726. The Balaban J connectivity index is 3.03. The van der Waals surface area contributed by atoms with E-state index in [1.165, 1.54) is 11.3 Å². The van der Waals surface area contributed by atoms with Crippen LogP contribution in [0.3, 0.4) is 0 Å². The SMILES string of the molecule is Cc1cc(C=O)sc1C#CC(=O)O. The van der Waals surface area contributed by atoms with Crippen molar-refractivity contribution in [2.75, 3.05) is 0 Å². The van der Waals surface area contributed by atoms with Crippen molar-refractivity contribution >= 4 is 23.6 Å². The molecule has 0 bridgehead atoms. The van der Waals surface area contributed by atoms with Crippen LogP contribution >= 0.6 is 11.3 Å². The summed E-state index contributed by atoms with van der Waals surface area (Å²) in [6.45, 7) is 1.79. The third-order valence-corrected chi connectivity index (χ3v) is 2.41. The third-order valence-electron chi connectivity index (χ3n) is 1.34. The van der Waals surface area contributed by atoms with Gasteiger partial charge in [0, 0.05) is 5.92 Å². The van der Waals surface area contributed by atoms with Crippen molar-refractivity contribution in [2.24, 2.45) is 0 Å². The second-order valence-electron chi connectivity index (χ2n) is 2.33. The zero-order valence-electron chi connectivity index (χ0n) is 6.83. The minimum Gasteiger partial charge on any atom is -0.472 e. The lowest BCUT2D eigenvalue weighted by molar-refractivity contribution is -0.130. The van der Waals surface area contributed by atoms with Crippen LogP contribution in [0.1, 0.15) is 20.1 Å². The fourth-order valence-corrected chi connectivity index (χ4v) is 1.64. The smallest absolute Gasteiger partial charge is 0.382 e. The van der Waals surface area contributed by atoms with E-state index in [0.29, 0.717) is 9.75 Å². The molecule has 3 nitrogen and oxygen atoms in total. The maximum Gasteiger partial charge on any atom is 0.382 e. The lowest BCUT2D eigenvalue weighted by Gasteiger charge is -1.81. The standard InChI is InChI=1S/C9H6O3S/c1-6-4-7(5-10)13-8(6)2-3-9(11)12/h4-5H,1H3,(H,11,12). The number of hydrogen-bond acceptors (Lipinski definition) is 3. The first-order valence-electron chi connectivity index (χ1n) is 3.44. The molecule has 0 aromatic carbocycles. The number of carbonyl (C=O) groups is 2. The van der Waals surface area contributed by atoms with Gasteiger partial charge in [-0.3, -0.25) is 4.79 Å². The van der Waals surface area contributed by atoms with Gasteiger partial charge in [-0.1, -0.05) is 0 Å². The third kappa shape index (κ3) is 2.42. The summed E-state index contributed by atoms with van der Waals surface area (Å²) in [6, 6.07) is 1.68. The molecule has 1 aromatic rings. The number of hydrogen-bond donors (Lipinski definition) is 1. The highest BCUT2D eigenvalue weighted by Crippen LogP contribution is 2.18. The molecule has 0 spiro atoms. The monoisotopic (exact) mass is 194 g/mol. The molecule has 1 heterocycles. The normalized spacial score (nSPS) is 8.69. The van der Waals surface area contributed by atoms with Gasteiger partial charge in [0.1, 0.15) is 0 Å². The number of carboxylic acid groups (broad SMARTS) is 1. The lowest BCUT2D eigenvalue weighted by Crippen LogP contribution is -1.86. The summed E-state index contributed by atoms with van der Waals surface area (Å²) in [7, 11) is 0. The Morgan fingerprint density at radius 3 is 2.85 bits per heavy atom. The van der Waals surface area contributed by atoms with Crippen LogP contribution in [0.4, 0.5) is 0 Å². The molecule has 0 unspecified atom stereocenters. The van der Waals surface area contributed by atoms with Crippen molar-refractivity contribution in [1.82, 2.24) is 0 Å². The van der Waals surface area contributed by atoms with E-state index in [4.69, 9.17) is 5.11 Å². The lowest BCUT2D eigenvalue weighted by atomic mass is 10.3. The van der Waals surface area contributed by atoms with Crippen molar-refractivity contribution in [3.8, 4) is 11.8 Å². The van der Waals surface area contributed by atoms with Gasteiger partial charge in [0.25, 0.3) is 0 Å². The molecule has 1 N–H and O–H groups in total. The van der Waals surface area contributed by atoms with Gasteiger partial charge < -0.3 is 5.11 Å². The number of aldehydes is 1. The number of carboxylic acids is 1. The quantitative estimate of drug-likeness (QED) is 0.541. The van der Waals surface area contributed by atoms with Crippen molar-refractivity contribution in [2.45, 2.75) is 6.92 Å². The Bertz CT molecular complexity index is 406. The van der Waals surface area contributed by atoms with Crippen LogP contribution in [0.15, 0.2) is 6.07 Å². The van der Waals surface area contributed by atoms with Crippen molar-refractivity contribution in [1.29, 1.82) is 0 Å². The Hall–Kier alpha value is -1.60. The van der Waals surface area contributed by atoms with E-state index in [1.807, 2.05) is 5.92 Å². The number of aryl methyl sites for hydroxylation is 1. The molecule has 13 heavy (non-hydrogen) atoms. The molecule has 0 radical (unpaired) electrons. The first-order valence-corrected chi connectivity index (χ1v) is 4.25. The number of thiophene rings is 1. The number of rotatable bonds is 1. The summed E-state index contributed by atoms with van der Waals surface area (Å²) in [5.41, 5.74) is 0.834. The zero-order valence-corrected chi connectivity index (χ0v) is 7.64. The number of aliphatic carboxylic acids is 1. The number of carbonyl (C=O) groups excluding carboxylic acids is 1. The Kier molecular flexibility index (Phi) is 2.83. The molecule has 0 fully saturated rings.